The van der Waals surface area contributed by atoms with Crippen LogP contribution in [0.25, 0.3) is 0 Å². The molecule has 17 nitrogen and oxygen atoms in total. The molecule has 0 amide bonds. The molecule has 3 N–H and O–H groups in total. The van der Waals surface area contributed by atoms with Gasteiger partial charge in [-0.2, -0.15) is 0 Å². The number of hydrogen-bond donors (Lipinski definition) is 3. The Morgan fingerprint density at radius 3 is 0.772 bits per heavy atom. The Morgan fingerprint density at radius 2 is 0.522 bits per heavy atom. The molecule has 0 aliphatic heterocycles. The Morgan fingerprint density at radius 1 is 0.304 bits per heavy atom. The van der Waals surface area contributed by atoms with Gasteiger partial charge in [-0.3, -0.25) is 37.3 Å². The van der Waals surface area contributed by atoms with Crippen LogP contribution in [-0.2, 0) is 65.4 Å². The molecule has 0 heterocycles. The van der Waals surface area contributed by atoms with E-state index in [0.29, 0.717) is 31.6 Å². The van der Waals surface area contributed by atoms with Gasteiger partial charge >= 0.3 is 39.5 Å². The van der Waals surface area contributed by atoms with Crippen molar-refractivity contribution in [3.05, 3.63) is 0 Å². The van der Waals surface area contributed by atoms with Crippen LogP contribution in [0.3, 0.4) is 0 Å². The fourth-order valence-corrected chi connectivity index (χ4v) is 12.6. The summed E-state index contributed by atoms with van der Waals surface area (Å²) in [6, 6.07) is 0. The number of rotatable bonds is 70. The van der Waals surface area contributed by atoms with Crippen molar-refractivity contribution in [1.29, 1.82) is 0 Å². The van der Waals surface area contributed by atoms with Crippen molar-refractivity contribution in [2.24, 2.45) is 23.7 Å². The summed E-state index contributed by atoms with van der Waals surface area (Å²) in [5, 5.41) is 10.6. The molecule has 6 atom stereocenters. The normalized spacial score (nSPS) is 14.5. The number of esters is 4. The van der Waals surface area contributed by atoms with Crippen LogP contribution in [0.5, 0.6) is 0 Å². The highest BCUT2D eigenvalue weighted by atomic mass is 31.2. The van der Waals surface area contributed by atoms with Crippen molar-refractivity contribution >= 4 is 39.5 Å². The van der Waals surface area contributed by atoms with Gasteiger partial charge < -0.3 is 33.8 Å². The van der Waals surface area contributed by atoms with Gasteiger partial charge in [-0.05, 0) is 49.4 Å². The maximum Gasteiger partial charge on any atom is 0.472 e. The molecule has 0 aromatic rings. The molecular weight excluding hydrogens is 1210 g/mol. The van der Waals surface area contributed by atoms with Gasteiger partial charge in [-0.1, -0.05) is 312 Å². The summed E-state index contributed by atoms with van der Waals surface area (Å²) >= 11 is 0. The zero-order chi connectivity index (χ0) is 68.2. The predicted molar refractivity (Wildman–Crippen MR) is 372 cm³/mol. The molecule has 0 fully saturated rings. The number of phosphoric ester groups is 2. The van der Waals surface area contributed by atoms with E-state index in [0.717, 1.165) is 120 Å². The number of ether oxygens (including phenoxy) is 4. The van der Waals surface area contributed by atoms with Crippen LogP contribution in [0.4, 0.5) is 0 Å². The molecule has 0 aliphatic rings. The van der Waals surface area contributed by atoms with Crippen molar-refractivity contribution in [2.75, 3.05) is 39.6 Å². The van der Waals surface area contributed by atoms with Crippen LogP contribution in [-0.4, -0.2) is 96.7 Å². The number of carbonyl (C=O) groups is 4. The lowest BCUT2D eigenvalue weighted by molar-refractivity contribution is -0.161. The molecule has 0 saturated carbocycles. The Hall–Kier alpha value is -1.94. The fraction of sp³-hybridized carbons (Fsp3) is 0.945. The standard InChI is InChI=1S/C73H142O17P2/c1-9-66(8)52-44-36-31-32-38-46-54-71(76)84-60-69(90-73(78)56-48-40-29-23-19-15-14-17-21-26-34-42-50-64(4)5)62-88-92(81,82)86-58-67(74)57-85-91(79,80)87-61-68(59-83-70(75)53-45-37-30-24-27-35-43-51-65(6)7)89-72(77)55-47-39-28-22-18-13-11-10-12-16-20-25-33-41-49-63(2)3/h63-69,74H,9-62H2,1-8H3,(H,79,80)(H,81,82)/t66?,67?,68-,69-/m1/s1. The quantitative estimate of drug-likeness (QED) is 0.0222. The van der Waals surface area contributed by atoms with Crippen LogP contribution >= 0.6 is 15.6 Å². The van der Waals surface area contributed by atoms with Crippen LogP contribution in [0.2, 0.25) is 0 Å². The van der Waals surface area contributed by atoms with Gasteiger partial charge in [0.2, 0.25) is 0 Å². The third-order valence-corrected chi connectivity index (χ3v) is 19.1. The number of phosphoric acid groups is 2. The minimum Gasteiger partial charge on any atom is -0.462 e. The van der Waals surface area contributed by atoms with Crippen LogP contribution < -0.4 is 0 Å². The second-order valence-corrected chi connectivity index (χ2v) is 30.9. The van der Waals surface area contributed by atoms with Crippen LogP contribution in [0.1, 0.15) is 364 Å². The third kappa shape index (κ3) is 65.4. The molecule has 0 saturated heterocycles. The molecule has 0 bridgehead atoms. The van der Waals surface area contributed by atoms with Crippen molar-refractivity contribution in [2.45, 2.75) is 382 Å². The predicted octanol–water partition coefficient (Wildman–Crippen LogP) is 20.9. The van der Waals surface area contributed by atoms with Crippen molar-refractivity contribution in [3.8, 4) is 0 Å². The number of aliphatic hydroxyl groups excluding tert-OH is 1. The molecule has 0 aromatic heterocycles. The number of carbonyl (C=O) groups excluding carboxylic acids is 4. The maximum absolute atomic E-state index is 13.0. The first kappa shape index (κ1) is 90.1. The molecule has 4 unspecified atom stereocenters. The van der Waals surface area contributed by atoms with E-state index >= 15 is 0 Å². The van der Waals surface area contributed by atoms with E-state index in [-0.39, 0.29) is 25.7 Å². The van der Waals surface area contributed by atoms with E-state index in [2.05, 4.69) is 55.4 Å². The Balaban J connectivity index is 5.23. The monoisotopic (exact) mass is 1350 g/mol. The molecule has 19 heteroatoms. The van der Waals surface area contributed by atoms with E-state index in [1.807, 2.05) is 0 Å². The lowest BCUT2D eigenvalue weighted by Crippen LogP contribution is -2.30. The minimum atomic E-state index is -4.95. The minimum absolute atomic E-state index is 0.105. The highest BCUT2D eigenvalue weighted by Gasteiger charge is 2.30. The van der Waals surface area contributed by atoms with Gasteiger partial charge in [0, 0.05) is 25.7 Å². The highest BCUT2D eigenvalue weighted by Crippen LogP contribution is 2.45. The Kier molecular flexibility index (Phi) is 61.3. The van der Waals surface area contributed by atoms with Crippen molar-refractivity contribution in [3.63, 3.8) is 0 Å². The number of hydrogen-bond acceptors (Lipinski definition) is 15. The summed E-state index contributed by atoms with van der Waals surface area (Å²) in [7, 11) is -9.91. The maximum atomic E-state index is 13.0. The Labute approximate surface area is 562 Å². The first-order chi connectivity index (χ1) is 44.1. The van der Waals surface area contributed by atoms with Crippen molar-refractivity contribution < 1.29 is 80.2 Å². The topological polar surface area (TPSA) is 237 Å². The fourth-order valence-electron chi connectivity index (χ4n) is 11.0. The van der Waals surface area contributed by atoms with Crippen LogP contribution in [0, 0.1) is 23.7 Å². The molecule has 0 spiro atoms. The van der Waals surface area contributed by atoms with E-state index in [1.54, 1.807) is 0 Å². The Bertz CT molecular complexity index is 1820. The van der Waals surface area contributed by atoms with E-state index in [9.17, 15) is 43.2 Å². The summed E-state index contributed by atoms with van der Waals surface area (Å²) < 4.78 is 68.4. The van der Waals surface area contributed by atoms with E-state index in [1.165, 1.54) is 154 Å². The molecule has 0 aromatic carbocycles. The molecule has 0 radical (unpaired) electrons. The van der Waals surface area contributed by atoms with Gasteiger partial charge in [0.15, 0.2) is 12.2 Å². The average Bonchev–Trinajstić information content (AvgIpc) is 3.72. The molecular formula is C73H142O17P2. The largest absolute Gasteiger partial charge is 0.472 e. The summed E-state index contributed by atoms with van der Waals surface area (Å²) in [5.74, 6) is 0.881. The first-order valence-corrected chi connectivity index (χ1v) is 40.7. The lowest BCUT2D eigenvalue weighted by Gasteiger charge is -2.21. The summed E-state index contributed by atoms with van der Waals surface area (Å²) in [6.07, 6.45) is 45.9. The average molecular weight is 1350 g/mol. The van der Waals surface area contributed by atoms with Gasteiger partial charge in [0.1, 0.15) is 19.3 Å². The summed E-state index contributed by atoms with van der Waals surface area (Å²) in [6.45, 7) is 14.1. The second kappa shape index (κ2) is 62.6. The molecule has 92 heavy (non-hydrogen) atoms. The molecule has 546 valence electrons. The molecule has 0 aliphatic carbocycles. The van der Waals surface area contributed by atoms with Crippen LogP contribution in [0.15, 0.2) is 0 Å². The third-order valence-electron chi connectivity index (χ3n) is 17.2. The zero-order valence-electron chi connectivity index (χ0n) is 60.2. The van der Waals surface area contributed by atoms with Gasteiger partial charge in [-0.25, -0.2) is 9.13 Å². The summed E-state index contributed by atoms with van der Waals surface area (Å²) in [4.78, 5) is 72.6. The first-order valence-electron chi connectivity index (χ1n) is 37.7. The smallest absolute Gasteiger partial charge is 0.462 e. The number of aliphatic hydroxyl groups is 1. The SMILES string of the molecule is CCC(C)CCCCCCCCC(=O)OC[C@H](COP(=O)(O)OCC(O)COP(=O)(O)OC[C@@H](COC(=O)CCCCCCCCCC(C)C)OC(=O)CCCCCCCCCCCCCCCCC(C)C)OC(=O)CCCCCCCCCCCCCCC(C)C. The lowest BCUT2D eigenvalue weighted by atomic mass is 10.00. The number of unbranched alkanes of at least 4 members (excludes halogenated alkanes) is 35. The van der Waals surface area contributed by atoms with Gasteiger partial charge in [0.25, 0.3) is 0 Å². The van der Waals surface area contributed by atoms with E-state index in [4.69, 9.17) is 37.0 Å². The van der Waals surface area contributed by atoms with Gasteiger partial charge in [0.05, 0.1) is 26.4 Å². The zero-order valence-corrected chi connectivity index (χ0v) is 62.0. The molecule has 0 rings (SSSR count). The van der Waals surface area contributed by atoms with Gasteiger partial charge in [-0.15, -0.1) is 0 Å². The summed E-state index contributed by atoms with van der Waals surface area (Å²) in [5.41, 5.74) is 0. The van der Waals surface area contributed by atoms with Crippen molar-refractivity contribution in [1.82, 2.24) is 0 Å². The van der Waals surface area contributed by atoms with E-state index < -0.39 is 97.5 Å². The highest BCUT2D eigenvalue weighted by molar-refractivity contribution is 7.47. The second-order valence-electron chi connectivity index (χ2n) is 28.0.